The average molecular weight is 435 g/mol. The molecule has 0 aliphatic carbocycles. The van der Waals surface area contributed by atoms with E-state index < -0.39 is 5.66 Å². The minimum Gasteiger partial charge on any atom is -0.334 e. The summed E-state index contributed by atoms with van der Waals surface area (Å²) in [7, 11) is 0. The van der Waals surface area contributed by atoms with Gasteiger partial charge in [0.15, 0.2) is 5.66 Å². The first-order chi connectivity index (χ1) is 15.0. The maximum Gasteiger partial charge on any atom is 0.317 e. The van der Waals surface area contributed by atoms with Crippen molar-refractivity contribution < 1.29 is 4.79 Å². The molecule has 31 heavy (non-hydrogen) atoms. The number of carbonyl (C=O) groups excluding carboxylic acids is 1. The number of amides is 2. The number of piperidine rings is 1. The highest BCUT2D eigenvalue weighted by Gasteiger charge is 2.40. The molecule has 2 aliphatic rings. The Morgan fingerprint density at radius 1 is 1.06 bits per heavy atom. The first-order valence-electron chi connectivity index (χ1n) is 11.0. The van der Waals surface area contributed by atoms with Gasteiger partial charge in [-0.2, -0.15) is 0 Å². The fourth-order valence-corrected chi connectivity index (χ4v) is 4.82. The molecular formula is C25H30N4OS. The maximum absolute atomic E-state index is 12.6. The van der Waals surface area contributed by atoms with Crippen molar-refractivity contribution in [3.05, 3.63) is 70.8 Å². The predicted octanol–water partition coefficient (Wildman–Crippen LogP) is 4.96. The van der Waals surface area contributed by atoms with E-state index in [4.69, 9.17) is 9.98 Å². The molecule has 0 radical (unpaired) electrons. The fraction of sp³-hybridized carbons (Fsp3) is 0.400. The SMILES string of the molecule is CCSC1=NC2(CCN(C(=O)NCc3ccccc3)CC2)N=C1c1ccc(C)c(C)c1. The van der Waals surface area contributed by atoms with Crippen LogP contribution in [0.5, 0.6) is 0 Å². The van der Waals surface area contributed by atoms with Gasteiger partial charge in [0, 0.05) is 38.0 Å². The van der Waals surface area contributed by atoms with E-state index in [9.17, 15) is 4.79 Å². The molecular weight excluding hydrogens is 404 g/mol. The molecule has 4 rings (SSSR count). The number of benzene rings is 2. The second kappa shape index (κ2) is 9.27. The quantitative estimate of drug-likeness (QED) is 0.739. The highest BCUT2D eigenvalue weighted by Crippen LogP contribution is 2.35. The lowest BCUT2D eigenvalue weighted by molar-refractivity contribution is 0.163. The molecule has 0 bridgehead atoms. The topological polar surface area (TPSA) is 57.1 Å². The van der Waals surface area contributed by atoms with E-state index >= 15 is 0 Å². The van der Waals surface area contributed by atoms with Crippen molar-refractivity contribution in [2.45, 2.75) is 45.8 Å². The van der Waals surface area contributed by atoms with Crippen LogP contribution in [0.1, 0.15) is 42.0 Å². The normalized spacial score (nSPS) is 17.5. The van der Waals surface area contributed by atoms with Gasteiger partial charge in [-0.15, -0.1) is 11.8 Å². The van der Waals surface area contributed by atoms with Gasteiger partial charge in [-0.1, -0.05) is 49.4 Å². The van der Waals surface area contributed by atoms with Gasteiger partial charge in [0.2, 0.25) is 0 Å². The summed E-state index contributed by atoms with van der Waals surface area (Å²) < 4.78 is 0. The summed E-state index contributed by atoms with van der Waals surface area (Å²) in [5.74, 6) is 0.965. The van der Waals surface area contributed by atoms with Crippen LogP contribution in [-0.4, -0.2) is 46.2 Å². The number of likely N-dealkylation sites (tertiary alicyclic amines) is 1. The highest BCUT2D eigenvalue weighted by atomic mass is 32.2. The predicted molar refractivity (Wildman–Crippen MR) is 130 cm³/mol. The zero-order valence-electron chi connectivity index (χ0n) is 18.5. The van der Waals surface area contributed by atoms with E-state index in [-0.39, 0.29) is 6.03 Å². The number of carbonyl (C=O) groups is 1. The van der Waals surface area contributed by atoms with E-state index in [1.165, 1.54) is 11.1 Å². The molecule has 2 amide bonds. The smallest absolute Gasteiger partial charge is 0.317 e. The van der Waals surface area contributed by atoms with Gasteiger partial charge in [0.05, 0.1) is 5.71 Å². The number of aliphatic imine (C=N–C) groups is 2. The van der Waals surface area contributed by atoms with Crippen molar-refractivity contribution >= 4 is 28.5 Å². The Morgan fingerprint density at radius 3 is 2.48 bits per heavy atom. The van der Waals surface area contributed by atoms with Crippen LogP contribution in [-0.2, 0) is 6.54 Å². The van der Waals surface area contributed by atoms with E-state index in [2.05, 4.69) is 44.3 Å². The van der Waals surface area contributed by atoms with E-state index in [1.807, 2.05) is 35.2 Å². The first-order valence-corrected chi connectivity index (χ1v) is 12.0. The summed E-state index contributed by atoms with van der Waals surface area (Å²) in [4.78, 5) is 24.7. The molecule has 1 fully saturated rings. The maximum atomic E-state index is 12.6. The van der Waals surface area contributed by atoms with Crippen LogP contribution in [0.2, 0.25) is 0 Å². The molecule has 1 N–H and O–H groups in total. The van der Waals surface area contributed by atoms with Crippen LogP contribution < -0.4 is 5.32 Å². The molecule has 6 heteroatoms. The molecule has 0 saturated carbocycles. The molecule has 1 saturated heterocycles. The second-order valence-electron chi connectivity index (χ2n) is 8.22. The number of urea groups is 1. The highest BCUT2D eigenvalue weighted by molar-refractivity contribution is 8.15. The molecule has 1 spiro atoms. The fourth-order valence-electron chi connectivity index (χ4n) is 4.01. The molecule has 2 heterocycles. The lowest BCUT2D eigenvalue weighted by Crippen LogP contribution is -2.48. The molecule has 162 valence electrons. The third kappa shape index (κ3) is 4.85. The van der Waals surface area contributed by atoms with Crippen LogP contribution in [0, 0.1) is 13.8 Å². The average Bonchev–Trinajstić information content (AvgIpc) is 3.13. The summed E-state index contributed by atoms with van der Waals surface area (Å²) in [5.41, 5.74) is 5.38. The van der Waals surface area contributed by atoms with Crippen molar-refractivity contribution in [2.75, 3.05) is 18.8 Å². The van der Waals surface area contributed by atoms with Crippen LogP contribution >= 0.6 is 11.8 Å². The van der Waals surface area contributed by atoms with E-state index in [0.717, 1.165) is 40.5 Å². The standard InChI is InChI=1S/C25H30N4OS/c1-4-31-23-22(21-11-10-18(2)19(3)16-21)27-25(28-23)12-14-29(15-13-25)24(30)26-17-20-8-6-5-7-9-20/h5-11,16H,4,12-15,17H2,1-3H3,(H,26,30). The van der Waals surface area contributed by atoms with Gasteiger partial charge >= 0.3 is 6.03 Å². The van der Waals surface area contributed by atoms with Gasteiger partial charge in [-0.05, 0) is 42.4 Å². The van der Waals surface area contributed by atoms with Crippen LogP contribution in [0.15, 0.2) is 58.5 Å². The molecule has 5 nitrogen and oxygen atoms in total. The minimum absolute atomic E-state index is 0.0119. The number of hydrogen-bond donors (Lipinski definition) is 1. The van der Waals surface area contributed by atoms with Gasteiger partial charge in [-0.3, -0.25) is 4.99 Å². The van der Waals surface area contributed by atoms with Crippen molar-refractivity contribution in [2.24, 2.45) is 9.98 Å². The Balaban J connectivity index is 1.44. The zero-order chi connectivity index (χ0) is 21.8. The molecule has 2 aromatic carbocycles. The third-order valence-electron chi connectivity index (χ3n) is 6.03. The largest absolute Gasteiger partial charge is 0.334 e. The number of rotatable bonds is 4. The lowest BCUT2D eigenvalue weighted by atomic mass is 9.98. The van der Waals surface area contributed by atoms with Crippen LogP contribution in [0.25, 0.3) is 0 Å². The number of thioether (sulfide) groups is 1. The third-order valence-corrected chi connectivity index (χ3v) is 6.88. The Hall–Kier alpha value is -2.60. The number of nitrogens with one attached hydrogen (secondary N) is 1. The monoisotopic (exact) mass is 434 g/mol. The van der Waals surface area contributed by atoms with Gasteiger partial charge in [0.25, 0.3) is 0 Å². The minimum atomic E-state index is -0.429. The summed E-state index contributed by atoms with van der Waals surface area (Å²) in [6.45, 7) is 8.29. The molecule has 2 aromatic rings. The summed E-state index contributed by atoms with van der Waals surface area (Å²) >= 11 is 1.76. The van der Waals surface area contributed by atoms with Gasteiger partial charge < -0.3 is 10.2 Å². The van der Waals surface area contributed by atoms with Crippen molar-refractivity contribution in [1.82, 2.24) is 10.2 Å². The summed E-state index contributed by atoms with van der Waals surface area (Å²) in [5, 5.41) is 4.07. The van der Waals surface area contributed by atoms with Crippen LogP contribution in [0.3, 0.4) is 0 Å². The number of aryl methyl sites for hydroxylation is 2. The molecule has 0 atom stereocenters. The second-order valence-corrected chi connectivity index (χ2v) is 9.48. The number of hydrogen-bond acceptors (Lipinski definition) is 4. The molecule has 2 aliphatic heterocycles. The van der Waals surface area contributed by atoms with Crippen LogP contribution in [0.4, 0.5) is 4.79 Å². The van der Waals surface area contributed by atoms with Gasteiger partial charge in [-0.25, -0.2) is 9.79 Å². The van der Waals surface area contributed by atoms with E-state index in [0.29, 0.717) is 19.6 Å². The first kappa shape index (κ1) is 21.6. The van der Waals surface area contributed by atoms with Crippen molar-refractivity contribution in [3.63, 3.8) is 0 Å². The van der Waals surface area contributed by atoms with Gasteiger partial charge in [0.1, 0.15) is 5.04 Å². The molecule has 0 aromatic heterocycles. The zero-order valence-corrected chi connectivity index (χ0v) is 19.3. The van der Waals surface area contributed by atoms with Crippen molar-refractivity contribution in [3.8, 4) is 0 Å². The Labute approximate surface area is 189 Å². The lowest BCUT2D eigenvalue weighted by Gasteiger charge is -2.35. The Morgan fingerprint density at radius 2 is 1.81 bits per heavy atom. The summed E-state index contributed by atoms with van der Waals surface area (Å²) in [6, 6.07) is 16.5. The molecule has 0 unspecified atom stereocenters. The van der Waals surface area contributed by atoms with Crippen molar-refractivity contribution in [1.29, 1.82) is 0 Å². The van der Waals surface area contributed by atoms with E-state index in [1.54, 1.807) is 11.8 Å². The summed E-state index contributed by atoms with van der Waals surface area (Å²) in [6.07, 6.45) is 1.52. The Kier molecular flexibility index (Phi) is 6.46. The number of nitrogens with zero attached hydrogens (tertiary/aromatic N) is 3. The Bertz CT molecular complexity index is 1010.